The molecule has 114 valence electrons. The molecule has 0 radical (unpaired) electrons. The number of piperazine rings is 1. The van der Waals surface area contributed by atoms with E-state index in [1.54, 1.807) is 0 Å². The van der Waals surface area contributed by atoms with Gasteiger partial charge in [-0.05, 0) is 6.42 Å². The van der Waals surface area contributed by atoms with Crippen molar-refractivity contribution in [1.82, 2.24) is 14.7 Å². The van der Waals surface area contributed by atoms with E-state index in [0.717, 1.165) is 19.5 Å². The second-order valence-corrected chi connectivity index (χ2v) is 5.28. The van der Waals surface area contributed by atoms with Gasteiger partial charge in [-0.15, -0.1) is 0 Å². The fourth-order valence-corrected chi connectivity index (χ4v) is 2.85. The summed E-state index contributed by atoms with van der Waals surface area (Å²) in [6, 6.07) is 0.125. The summed E-state index contributed by atoms with van der Waals surface area (Å²) in [5.74, 6) is 0.223. The molecule has 7 nitrogen and oxygen atoms in total. The fourth-order valence-electron chi connectivity index (χ4n) is 2.85. The topological polar surface area (TPSA) is 85.9 Å². The fraction of sp³-hybridized carbons (Fsp3) is 0.846. The standard InChI is InChI=1S/C13H25N5O2/c1-2-11(12(14)15)16-3-5-17(6-4-16)13(19)18-7-9-20-10-8-18/h11H,2-10H2,1H3,(H3,14,15). The van der Waals surface area contributed by atoms with Gasteiger partial charge < -0.3 is 20.3 Å². The van der Waals surface area contributed by atoms with Crippen LogP contribution in [0.5, 0.6) is 0 Å². The summed E-state index contributed by atoms with van der Waals surface area (Å²) in [5.41, 5.74) is 5.63. The lowest BCUT2D eigenvalue weighted by molar-refractivity contribution is 0.0365. The average Bonchev–Trinajstić information content (AvgIpc) is 2.48. The summed E-state index contributed by atoms with van der Waals surface area (Å²) < 4.78 is 5.27. The molecule has 0 aromatic rings. The third kappa shape index (κ3) is 3.40. The van der Waals surface area contributed by atoms with Crippen molar-refractivity contribution in [3.05, 3.63) is 0 Å². The summed E-state index contributed by atoms with van der Waals surface area (Å²) >= 11 is 0. The molecule has 20 heavy (non-hydrogen) atoms. The molecule has 0 bridgehead atoms. The molecule has 0 aromatic heterocycles. The van der Waals surface area contributed by atoms with Gasteiger partial charge in [0.15, 0.2) is 0 Å². The molecule has 7 heteroatoms. The van der Waals surface area contributed by atoms with Crippen molar-refractivity contribution >= 4 is 11.9 Å². The summed E-state index contributed by atoms with van der Waals surface area (Å²) in [7, 11) is 0. The highest BCUT2D eigenvalue weighted by Crippen LogP contribution is 2.11. The maximum Gasteiger partial charge on any atom is 0.320 e. The number of urea groups is 1. The van der Waals surface area contributed by atoms with Crippen LogP contribution in [0.1, 0.15) is 13.3 Å². The van der Waals surface area contributed by atoms with Crippen molar-refractivity contribution in [2.24, 2.45) is 5.73 Å². The van der Waals surface area contributed by atoms with Crippen LogP contribution >= 0.6 is 0 Å². The highest BCUT2D eigenvalue weighted by Gasteiger charge is 2.29. The first-order chi connectivity index (χ1) is 9.63. The largest absolute Gasteiger partial charge is 0.386 e. The van der Waals surface area contributed by atoms with Crippen LogP contribution < -0.4 is 5.73 Å². The first-order valence-corrected chi connectivity index (χ1v) is 7.33. The number of ether oxygens (including phenoxy) is 1. The minimum Gasteiger partial charge on any atom is -0.386 e. The molecule has 2 aliphatic heterocycles. The SMILES string of the molecule is CCC(C(=N)N)N1CCN(C(=O)N2CCOCC2)CC1. The number of carbonyl (C=O) groups is 1. The van der Waals surface area contributed by atoms with Crippen LogP contribution in [-0.2, 0) is 4.74 Å². The molecule has 1 unspecified atom stereocenters. The van der Waals surface area contributed by atoms with E-state index >= 15 is 0 Å². The molecule has 0 aliphatic carbocycles. The van der Waals surface area contributed by atoms with Gasteiger partial charge in [0, 0.05) is 39.3 Å². The Hall–Kier alpha value is -1.34. The van der Waals surface area contributed by atoms with Crippen molar-refractivity contribution in [1.29, 1.82) is 5.41 Å². The van der Waals surface area contributed by atoms with Gasteiger partial charge in [-0.1, -0.05) is 6.92 Å². The first-order valence-electron chi connectivity index (χ1n) is 7.33. The second kappa shape index (κ2) is 6.90. The Bertz CT molecular complexity index is 349. The van der Waals surface area contributed by atoms with E-state index in [9.17, 15) is 4.79 Å². The van der Waals surface area contributed by atoms with Crippen LogP contribution in [0.25, 0.3) is 0 Å². The monoisotopic (exact) mass is 283 g/mol. The Morgan fingerprint density at radius 2 is 1.70 bits per heavy atom. The van der Waals surface area contributed by atoms with Crippen LogP contribution in [-0.4, -0.2) is 85.1 Å². The number of hydrogen-bond acceptors (Lipinski definition) is 4. The van der Waals surface area contributed by atoms with Crippen molar-refractivity contribution in [2.45, 2.75) is 19.4 Å². The number of morpholine rings is 1. The first kappa shape index (κ1) is 15.1. The van der Waals surface area contributed by atoms with E-state index < -0.39 is 0 Å². The molecule has 0 saturated carbocycles. The van der Waals surface area contributed by atoms with Crippen molar-refractivity contribution in [3.63, 3.8) is 0 Å². The van der Waals surface area contributed by atoms with Crippen LogP contribution in [0, 0.1) is 5.41 Å². The molecule has 0 spiro atoms. The van der Waals surface area contributed by atoms with Crippen LogP contribution in [0.4, 0.5) is 4.79 Å². The van der Waals surface area contributed by atoms with E-state index in [1.807, 2.05) is 16.7 Å². The minimum atomic E-state index is 0.00985. The summed E-state index contributed by atoms with van der Waals surface area (Å²) in [6.07, 6.45) is 0.840. The smallest absolute Gasteiger partial charge is 0.320 e. The predicted molar refractivity (Wildman–Crippen MR) is 76.9 cm³/mol. The Kier molecular flexibility index (Phi) is 5.19. The Balaban J connectivity index is 1.84. The summed E-state index contributed by atoms with van der Waals surface area (Å²) in [4.78, 5) is 18.3. The van der Waals surface area contributed by atoms with Gasteiger partial charge in [0.1, 0.15) is 5.84 Å². The van der Waals surface area contributed by atoms with Crippen LogP contribution in [0.15, 0.2) is 0 Å². The number of hydrogen-bond donors (Lipinski definition) is 2. The molecule has 3 N–H and O–H groups in total. The number of nitrogens with zero attached hydrogens (tertiary/aromatic N) is 3. The number of carbonyl (C=O) groups excluding carboxylic acids is 1. The zero-order valence-corrected chi connectivity index (χ0v) is 12.2. The molecule has 0 aromatic carbocycles. The zero-order chi connectivity index (χ0) is 14.5. The van der Waals surface area contributed by atoms with Gasteiger partial charge in [0.2, 0.25) is 0 Å². The molecule has 1 atom stereocenters. The van der Waals surface area contributed by atoms with Crippen LogP contribution in [0.3, 0.4) is 0 Å². The summed E-state index contributed by atoms with van der Waals surface area (Å²) in [5, 5.41) is 7.62. The van der Waals surface area contributed by atoms with Gasteiger partial charge in [0.25, 0.3) is 0 Å². The molecule has 2 saturated heterocycles. The Morgan fingerprint density at radius 3 is 2.20 bits per heavy atom. The molecule has 2 amide bonds. The predicted octanol–water partition coefficient (Wildman–Crippen LogP) is -0.229. The molecular weight excluding hydrogens is 258 g/mol. The number of rotatable bonds is 3. The Morgan fingerprint density at radius 1 is 1.15 bits per heavy atom. The molecule has 2 heterocycles. The van der Waals surface area contributed by atoms with E-state index in [1.165, 1.54) is 0 Å². The van der Waals surface area contributed by atoms with E-state index in [0.29, 0.717) is 39.4 Å². The third-order valence-corrected chi connectivity index (χ3v) is 4.05. The second-order valence-electron chi connectivity index (χ2n) is 5.28. The highest BCUT2D eigenvalue weighted by molar-refractivity contribution is 5.82. The molecular formula is C13H25N5O2. The number of amidine groups is 1. The highest BCUT2D eigenvalue weighted by atomic mass is 16.5. The van der Waals surface area contributed by atoms with Gasteiger partial charge in [-0.3, -0.25) is 10.3 Å². The summed E-state index contributed by atoms with van der Waals surface area (Å²) in [6.45, 7) is 7.66. The maximum atomic E-state index is 12.3. The zero-order valence-electron chi connectivity index (χ0n) is 12.2. The minimum absolute atomic E-state index is 0.00985. The van der Waals surface area contributed by atoms with Crippen molar-refractivity contribution < 1.29 is 9.53 Å². The number of amides is 2. The van der Waals surface area contributed by atoms with Gasteiger partial charge in [0.05, 0.1) is 19.3 Å². The van der Waals surface area contributed by atoms with Crippen molar-refractivity contribution in [2.75, 3.05) is 52.5 Å². The van der Waals surface area contributed by atoms with Gasteiger partial charge in [-0.25, -0.2) is 4.79 Å². The van der Waals surface area contributed by atoms with Gasteiger partial charge in [-0.2, -0.15) is 0 Å². The number of nitrogens with one attached hydrogen (secondary N) is 1. The van der Waals surface area contributed by atoms with E-state index in [-0.39, 0.29) is 17.9 Å². The quantitative estimate of drug-likeness (QED) is 0.553. The van der Waals surface area contributed by atoms with E-state index in [2.05, 4.69) is 4.90 Å². The Labute approximate surface area is 120 Å². The van der Waals surface area contributed by atoms with Crippen LogP contribution in [0.2, 0.25) is 0 Å². The number of nitrogens with two attached hydrogens (primary N) is 1. The van der Waals surface area contributed by atoms with E-state index in [4.69, 9.17) is 15.9 Å². The normalized spacial score (nSPS) is 22.6. The molecule has 2 aliphatic rings. The average molecular weight is 283 g/mol. The third-order valence-electron chi connectivity index (χ3n) is 4.05. The molecule has 2 rings (SSSR count). The lowest BCUT2D eigenvalue weighted by Crippen LogP contribution is -2.58. The van der Waals surface area contributed by atoms with Gasteiger partial charge >= 0.3 is 6.03 Å². The van der Waals surface area contributed by atoms with Crippen molar-refractivity contribution in [3.8, 4) is 0 Å². The molecule has 2 fully saturated rings. The maximum absolute atomic E-state index is 12.3. The lowest BCUT2D eigenvalue weighted by Gasteiger charge is -2.40. The lowest BCUT2D eigenvalue weighted by atomic mass is 10.1.